The number of hydrogen-bond acceptors (Lipinski definition) is 9. The molecule has 2 fully saturated rings. The molecule has 2 unspecified atom stereocenters. The van der Waals surface area contributed by atoms with E-state index >= 15 is 0 Å². The van der Waals surface area contributed by atoms with Gasteiger partial charge in [-0.05, 0) is 67.3 Å². The molecule has 3 aliphatic rings. The molecular weight excluding hydrogens is 865 g/mol. The molecule has 3 N–H and O–H groups in total. The van der Waals surface area contributed by atoms with Gasteiger partial charge in [-0.2, -0.15) is 0 Å². The standard InChI is InChI=1S/C52H84N8O8/c1-13-35(4)46(59(10)50(64)45(34(2)3)56-51(57(6)7)58(8)9)43(66-11)32-44(61)60-30-21-27-42(60)47(67-12)36(5)48(62)55-41(31-37-23-17-16-18-24-37)49(63)53-28-22-29-54-52(65)68-33-40-38-25-19-14-15-20-26-39(38)40/h16-18,23-24,34-36,38-43,45-47H,13,19-22,25-33H2,1-12H3,(H,53,63)(H,54,65)(H,55,62)/t35-,36+,38?,39?,40?,41-,42-,43+,45-,46-,47+/m0/s1. The topological polar surface area (TPSA) is 174 Å². The number of likely N-dealkylation sites (tertiary alicyclic amines) is 1. The number of guanidine groups is 1. The number of rotatable bonds is 24. The van der Waals surface area contributed by atoms with Crippen LogP contribution in [0.2, 0.25) is 0 Å². The van der Waals surface area contributed by atoms with E-state index in [9.17, 15) is 24.0 Å². The molecule has 1 aromatic rings. The van der Waals surface area contributed by atoms with Gasteiger partial charge in [0.1, 0.15) is 12.1 Å². The van der Waals surface area contributed by atoms with Crippen molar-refractivity contribution in [2.24, 2.45) is 40.5 Å². The zero-order valence-corrected chi connectivity index (χ0v) is 43.2. The highest BCUT2D eigenvalue weighted by molar-refractivity contribution is 5.89. The van der Waals surface area contributed by atoms with Crippen molar-refractivity contribution in [1.29, 1.82) is 0 Å². The van der Waals surface area contributed by atoms with E-state index in [4.69, 9.17) is 19.2 Å². The summed E-state index contributed by atoms with van der Waals surface area (Å²) in [6.45, 7) is 11.4. The first-order valence-electron chi connectivity index (χ1n) is 25.0. The van der Waals surface area contributed by atoms with E-state index in [1.54, 1.807) is 38.0 Å². The molecule has 5 amide bonds. The van der Waals surface area contributed by atoms with Crippen LogP contribution in [-0.2, 0) is 39.8 Å². The van der Waals surface area contributed by atoms with Gasteiger partial charge in [0.15, 0.2) is 5.96 Å². The highest BCUT2D eigenvalue weighted by atomic mass is 16.5. The van der Waals surface area contributed by atoms with Crippen molar-refractivity contribution in [3.63, 3.8) is 0 Å². The van der Waals surface area contributed by atoms with Crippen molar-refractivity contribution in [2.75, 3.05) is 75.7 Å². The number of carbonyl (C=O) groups excluding carboxylic acids is 5. The summed E-state index contributed by atoms with van der Waals surface area (Å²) in [5.74, 6) is 6.88. The maximum absolute atomic E-state index is 14.4. The van der Waals surface area contributed by atoms with Crippen LogP contribution in [0.1, 0.15) is 98.0 Å². The molecule has 2 aliphatic carbocycles. The van der Waals surface area contributed by atoms with Gasteiger partial charge in [-0.3, -0.25) is 19.2 Å². The summed E-state index contributed by atoms with van der Waals surface area (Å²) in [7, 11) is 12.5. The van der Waals surface area contributed by atoms with Gasteiger partial charge >= 0.3 is 6.09 Å². The minimum absolute atomic E-state index is 0.000620. The van der Waals surface area contributed by atoms with Crippen molar-refractivity contribution in [3.8, 4) is 11.8 Å². The maximum atomic E-state index is 14.4. The van der Waals surface area contributed by atoms with Crippen LogP contribution < -0.4 is 16.0 Å². The molecule has 0 aromatic heterocycles. The lowest BCUT2D eigenvalue weighted by atomic mass is 9.89. The Morgan fingerprint density at radius 1 is 0.853 bits per heavy atom. The molecule has 16 nitrogen and oxygen atoms in total. The van der Waals surface area contributed by atoms with Gasteiger partial charge in [-0.1, -0.05) is 71.4 Å². The van der Waals surface area contributed by atoms with E-state index in [2.05, 4.69) is 41.6 Å². The molecular formula is C52H84N8O8. The van der Waals surface area contributed by atoms with Gasteiger partial charge in [0.05, 0.1) is 43.2 Å². The Hall–Kier alpha value is -4.88. The second kappa shape index (κ2) is 27.3. The molecule has 1 saturated heterocycles. The van der Waals surface area contributed by atoms with Crippen molar-refractivity contribution < 1.29 is 38.2 Å². The Morgan fingerprint density at radius 3 is 2.06 bits per heavy atom. The molecule has 1 heterocycles. The number of alkyl carbamates (subject to hydrolysis) is 1. The first-order valence-corrected chi connectivity index (χ1v) is 25.0. The monoisotopic (exact) mass is 949 g/mol. The largest absolute Gasteiger partial charge is 0.449 e. The van der Waals surface area contributed by atoms with Gasteiger partial charge in [0.25, 0.3) is 0 Å². The molecule has 380 valence electrons. The summed E-state index contributed by atoms with van der Waals surface area (Å²) in [5.41, 5.74) is 0.880. The summed E-state index contributed by atoms with van der Waals surface area (Å²) in [6.07, 6.45) is 5.10. The summed E-state index contributed by atoms with van der Waals surface area (Å²) in [5, 5.41) is 8.75. The van der Waals surface area contributed by atoms with Crippen LogP contribution in [0.3, 0.4) is 0 Å². The fraction of sp³-hybridized carbons (Fsp3) is 0.731. The molecule has 0 bridgehead atoms. The summed E-state index contributed by atoms with van der Waals surface area (Å²) >= 11 is 0. The number of fused-ring (bicyclic) bond motifs is 1. The van der Waals surface area contributed by atoms with E-state index < -0.39 is 48.4 Å². The number of hydrogen-bond donors (Lipinski definition) is 3. The minimum Gasteiger partial charge on any atom is -0.449 e. The first kappa shape index (κ1) is 55.7. The lowest BCUT2D eigenvalue weighted by Crippen LogP contribution is -2.55. The zero-order chi connectivity index (χ0) is 50.1. The Morgan fingerprint density at radius 2 is 1.49 bits per heavy atom. The van der Waals surface area contributed by atoms with Crippen molar-refractivity contribution in [1.82, 2.24) is 35.6 Å². The number of carbonyl (C=O) groups is 5. The number of benzene rings is 1. The number of likely N-dealkylation sites (N-methyl/N-ethyl adjacent to an activating group) is 1. The van der Waals surface area contributed by atoms with Crippen molar-refractivity contribution >= 4 is 35.7 Å². The molecule has 1 aliphatic heterocycles. The predicted molar refractivity (Wildman–Crippen MR) is 265 cm³/mol. The molecule has 4 rings (SSSR count). The van der Waals surface area contributed by atoms with Gasteiger partial charge in [0, 0.05) is 88.4 Å². The van der Waals surface area contributed by atoms with Crippen molar-refractivity contribution in [2.45, 2.75) is 135 Å². The first-order chi connectivity index (χ1) is 32.4. The number of nitrogens with one attached hydrogen (secondary N) is 3. The van der Waals surface area contributed by atoms with Crippen LogP contribution >= 0.6 is 0 Å². The van der Waals surface area contributed by atoms with E-state index in [1.165, 1.54) is 0 Å². The normalized spacial score (nSPS) is 21.6. The van der Waals surface area contributed by atoms with Crippen LogP contribution in [0, 0.1) is 47.3 Å². The van der Waals surface area contributed by atoms with Crippen molar-refractivity contribution in [3.05, 3.63) is 35.9 Å². The van der Waals surface area contributed by atoms with Crippen LogP contribution in [0.4, 0.5) is 4.79 Å². The smallest absolute Gasteiger partial charge is 0.407 e. The molecule has 1 aromatic carbocycles. The second-order valence-corrected chi connectivity index (χ2v) is 19.8. The lowest BCUT2D eigenvalue weighted by molar-refractivity contribution is -0.146. The quantitative estimate of drug-likeness (QED) is 0.0565. The van der Waals surface area contributed by atoms with Gasteiger partial charge in [0.2, 0.25) is 23.6 Å². The maximum Gasteiger partial charge on any atom is 0.407 e. The van der Waals surface area contributed by atoms with Crippen LogP contribution in [0.5, 0.6) is 0 Å². The second-order valence-electron chi connectivity index (χ2n) is 19.8. The average Bonchev–Trinajstić information content (AvgIpc) is 3.68. The lowest BCUT2D eigenvalue weighted by Gasteiger charge is -2.40. The molecule has 68 heavy (non-hydrogen) atoms. The van der Waals surface area contributed by atoms with E-state index in [-0.39, 0.29) is 54.9 Å². The van der Waals surface area contributed by atoms with Gasteiger partial charge < -0.3 is 49.8 Å². The molecule has 1 saturated carbocycles. The average molecular weight is 949 g/mol. The highest BCUT2D eigenvalue weighted by Crippen LogP contribution is 2.52. The van der Waals surface area contributed by atoms with E-state index in [1.807, 2.05) is 82.2 Å². The van der Waals surface area contributed by atoms with Crippen LogP contribution in [-0.4, -0.2) is 167 Å². The summed E-state index contributed by atoms with van der Waals surface area (Å²) in [6, 6.07) is 7.14. The van der Waals surface area contributed by atoms with Crippen LogP contribution in [0.15, 0.2) is 35.3 Å². The third kappa shape index (κ3) is 15.6. The summed E-state index contributed by atoms with van der Waals surface area (Å²) in [4.78, 5) is 81.3. The van der Waals surface area contributed by atoms with E-state index in [0.717, 1.165) is 44.1 Å². The van der Waals surface area contributed by atoms with E-state index in [0.29, 0.717) is 56.3 Å². The summed E-state index contributed by atoms with van der Waals surface area (Å²) < 4.78 is 17.7. The molecule has 0 spiro atoms. The Bertz CT molecular complexity index is 1860. The number of aliphatic imine (C=N–C) groups is 1. The Kier molecular flexibility index (Phi) is 22.4. The fourth-order valence-corrected chi connectivity index (χ4v) is 10.2. The van der Waals surface area contributed by atoms with Gasteiger partial charge in [-0.25, -0.2) is 9.79 Å². The molecule has 16 heteroatoms. The van der Waals surface area contributed by atoms with Crippen LogP contribution in [0.25, 0.3) is 0 Å². The van der Waals surface area contributed by atoms with Gasteiger partial charge in [-0.15, -0.1) is 11.8 Å². The SMILES string of the molecule is CC[C@H](C)[C@@H]([C@@H](CC(=O)N1CCC[C@H]1[C@H](OC)[C@@H](C)C(=O)N[C@@H](Cc1ccccc1)C(=O)NCCCNC(=O)OCC1C2CCC#CCCC21)OC)N(C)C(=O)[C@@H](N=C(N(C)C)N(C)C)C(C)C. The Labute approximate surface area is 407 Å². The molecule has 10 atom stereocenters. The fourth-order valence-electron chi connectivity index (χ4n) is 10.2. The Balaban J connectivity index is 1.38. The molecule has 0 radical (unpaired) electrons. The predicted octanol–water partition coefficient (Wildman–Crippen LogP) is 4.81. The number of methoxy groups -OCH3 is 2. The highest BCUT2D eigenvalue weighted by Gasteiger charge is 2.49. The third-order valence-electron chi connectivity index (χ3n) is 14.3. The number of ether oxygens (including phenoxy) is 3. The minimum atomic E-state index is -0.886. The third-order valence-corrected chi connectivity index (χ3v) is 14.3. The number of amides is 5. The number of nitrogens with zero attached hydrogens (tertiary/aromatic N) is 5. The zero-order valence-electron chi connectivity index (χ0n) is 43.2.